The maximum absolute atomic E-state index is 14.1. The van der Waals surface area contributed by atoms with Crippen LogP contribution in [0, 0.1) is 0 Å². The lowest BCUT2D eigenvalue weighted by Crippen LogP contribution is -2.42. The zero-order chi connectivity index (χ0) is 58.7. The van der Waals surface area contributed by atoms with Crippen LogP contribution in [-0.2, 0) is 39.9 Å². The second-order valence-electron chi connectivity index (χ2n) is 25.1. The Morgan fingerprint density at radius 2 is 0.951 bits per heavy atom. The van der Waals surface area contributed by atoms with Crippen molar-refractivity contribution in [3.63, 3.8) is 0 Å². The van der Waals surface area contributed by atoms with Gasteiger partial charge in [0.05, 0.1) is 37.3 Å². The van der Waals surface area contributed by atoms with Gasteiger partial charge < -0.3 is 23.8 Å². The number of carbonyl (C=O) groups is 3. The lowest BCUT2D eigenvalue weighted by Gasteiger charge is -2.37. The molecule has 0 amide bonds. The first-order chi connectivity index (χ1) is 39.6. The Morgan fingerprint density at radius 3 is 1.44 bits per heavy atom. The number of nitrogens with zero attached hydrogens (tertiary/aromatic N) is 5. The summed E-state index contributed by atoms with van der Waals surface area (Å²) in [5.41, 5.74) is 0.912. The normalized spacial score (nSPS) is 14.9. The number of hydrogen-bond donors (Lipinski definition) is 0. The monoisotopic (exact) mass is 1140 g/mol. The largest absolute Gasteiger partial charge is 0.466 e. The van der Waals surface area contributed by atoms with E-state index in [-0.39, 0.29) is 36.1 Å². The third-order valence-corrected chi connectivity index (χ3v) is 16.9. The number of carbonyl (C=O) groups excluding carboxylic acids is 3. The van der Waals surface area contributed by atoms with Gasteiger partial charge in [0.2, 0.25) is 5.79 Å². The highest BCUT2D eigenvalue weighted by Crippen LogP contribution is 2.34. The van der Waals surface area contributed by atoms with Gasteiger partial charge in [0.25, 0.3) is 0 Å². The van der Waals surface area contributed by atoms with Gasteiger partial charge >= 0.3 is 17.9 Å². The third kappa shape index (κ3) is 39.6. The van der Waals surface area contributed by atoms with Gasteiger partial charge in [-0.1, -0.05) is 258 Å². The second-order valence-corrected chi connectivity index (χ2v) is 25.1. The van der Waals surface area contributed by atoms with Crippen LogP contribution in [0.2, 0.25) is 0 Å². The van der Waals surface area contributed by atoms with Crippen molar-refractivity contribution in [1.82, 2.24) is 24.8 Å². The molecule has 0 N–H and O–H groups in total. The Hall–Kier alpha value is -2.57. The van der Waals surface area contributed by atoms with E-state index < -0.39 is 5.79 Å². The zero-order valence-corrected chi connectivity index (χ0v) is 54.4. The molecule has 0 saturated carbocycles. The molecule has 0 spiro atoms. The smallest absolute Gasteiger partial charge is 0.323 e. The van der Waals surface area contributed by atoms with Crippen LogP contribution < -0.4 is 0 Å². The predicted molar refractivity (Wildman–Crippen MR) is 337 cm³/mol. The Balaban J connectivity index is 1.96. The number of esters is 3. The standard InChI is InChI=1S/C69H131N5O7/c1-8-13-18-23-28-29-30-37-47-56-78-66(75)51-43-39-46-55-73-61-63(74-60-62(70-71-74)59-72(6)7)58-65(73)68(77)79-57-48-38-31-34-42-52-67(76)81-69(53-44-35-26-21-16-11-4,54-45-36-27-22-17-12-5)80-64(49-40-32-24-19-14-9-2)50-41-33-25-20-15-10-3/h60,63-65H,8-59,61H2,1-7H3/t63-,65+/m1/s1. The van der Waals surface area contributed by atoms with Gasteiger partial charge in [-0.3, -0.25) is 19.3 Å². The first kappa shape index (κ1) is 74.5. The quantitative estimate of drug-likeness (QED) is 0.0268. The summed E-state index contributed by atoms with van der Waals surface area (Å²) in [7, 11) is 4.05. The maximum Gasteiger partial charge on any atom is 0.323 e. The second kappa shape index (κ2) is 51.8. The summed E-state index contributed by atoms with van der Waals surface area (Å²) in [5, 5.41) is 8.89. The average molecular weight is 1140 g/mol. The van der Waals surface area contributed by atoms with Crippen LogP contribution in [0.15, 0.2) is 6.20 Å². The predicted octanol–water partition coefficient (Wildman–Crippen LogP) is 19.1. The highest BCUT2D eigenvalue weighted by molar-refractivity contribution is 5.76. The molecule has 81 heavy (non-hydrogen) atoms. The number of likely N-dealkylation sites (tertiary alicyclic amines) is 1. The van der Waals surface area contributed by atoms with Gasteiger partial charge in [-0.05, 0) is 84.8 Å². The summed E-state index contributed by atoms with van der Waals surface area (Å²) in [6.45, 7) is 14.5. The van der Waals surface area contributed by atoms with Crippen LogP contribution in [0.25, 0.3) is 0 Å². The van der Waals surface area contributed by atoms with Gasteiger partial charge in [0.15, 0.2) is 0 Å². The fourth-order valence-corrected chi connectivity index (χ4v) is 11.9. The lowest BCUT2D eigenvalue weighted by molar-refractivity contribution is -0.259. The summed E-state index contributed by atoms with van der Waals surface area (Å²) in [6.07, 6.45) is 55.3. The van der Waals surface area contributed by atoms with Crippen molar-refractivity contribution in [1.29, 1.82) is 0 Å². The number of rotatable bonds is 59. The van der Waals surface area contributed by atoms with Crippen LogP contribution in [0.3, 0.4) is 0 Å². The van der Waals surface area contributed by atoms with E-state index in [9.17, 15) is 14.4 Å². The number of aromatic nitrogens is 3. The molecule has 12 nitrogen and oxygen atoms in total. The topological polar surface area (TPSA) is 125 Å². The van der Waals surface area contributed by atoms with Crippen LogP contribution >= 0.6 is 0 Å². The summed E-state index contributed by atoms with van der Waals surface area (Å²) in [4.78, 5) is 44.7. The van der Waals surface area contributed by atoms with Gasteiger partial charge in [-0.2, -0.15) is 0 Å². The molecule has 12 heteroatoms. The van der Waals surface area contributed by atoms with E-state index in [0.717, 1.165) is 128 Å². The molecule has 1 aliphatic rings. The molecule has 0 unspecified atom stereocenters. The summed E-state index contributed by atoms with van der Waals surface area (Å²) >= 11 is 0. The van der Waals surface area contributed by atoms with Gasteiger partial charge in [0.1, 0.15) is 6.04 Å². The Bertz CT molecular complexity index is 1580. The zero-order valence-electron chi connectivity index (χ0n) is 54.4. The number of ether oxygens (including phenoxy) is 4. The van der Waals surface area contributed by atoms with E-state index in [1.54, 1.807) is 0 Å². The minimum Gasteiger partial charge on any atom is -0.466 e. The number of hydrogen-bond acceptors (Lipinski definition) is 11. The molecule has 1 aliphatic heterocycles. The average Bonchev–Trinajstić information content (AvgIpc) is 4.22. The van der Waals surface area contributed by atoms with Crippen molar-refractivity contribution in [2.24, 2.45) is 0 Å². The van der Waals surface area contributed by atoms with E-state index in [2.05, 4.69) is 54.7 Å². The Kier molecular flexibility index (Phi) is 47.7. The fraction of sp³-hybridized carbons (Fsp3) is 0.928. The van der Waals surface area contributed by atoms with E-state index in [0.29, 0.717) is 45.6 Å². The third-order valence-electron chi connectivity index (χ3n) is 16.9. The van der Waals surface area contributed by atoms with Crippen molar-refractivity contribution in [2.75, 3.05) is 40.4 Å². The molecule has 474 valence electrons. The van der Waals surface area contributed by atoms with Gasteiger partial charge in [-0.25, -0.2) is 4.68 Å². The molecule has 0 aliphatic carbocycles. The summed E-state index contributed by atoms with van der Waals surface area (Å²) < 4.78 is 27.6. The summed E-state index contributed by atoms with van der Waals surface area (Å²) in [5.74, 6) is -1.20. The van der Waals surface area contributed by atoms with E-state index in [1.807, 2.05) is 25.0 Å². The molecule has 1 aromatic rings. The lowest BCUT2D eigenvalue weighted by atomic mass is 9.97. The molecule has 2 heterocycles. The van der Waals surface area contributed by atoms with Crippen molar-refractivity contribution in [3.8, 4) is 0 Å². The molecule has 1 saturated heterocycles. The Labute approximate surface area is 499 Å². The number of unbranched alkanes of at least 4 members (excludes halogenated alkanes) is 34. The SMILES string of the molecule is CCCCCCCCCCCOC(=O)CCCCCN1C[C@H](n2cc(CN(C)C)nn2)C[C@H]1C(=O)OCCCCCCCC(=O)OC(CCCCCCCC)(CCCCCCCC)OC(CCCCCCCC)CCCCCCCC. The van der Waals surface area contributed by atoms with Crippen molar-refractivity contribution < 1.29 is 33.3 Å². The van der Waals surface area contributed by atoms with Gasteiger partial charge in [-0.15, -0.1) is 5.10 Å². The highest BCUT2D eigenvalue weighted by atomic mass is 16.7. The van der Waals surface area contributed by atoms with E-state index >= 15 is 0 Å². The first-order valence-corrected chi connectivity index (χ1v) is 35.1. The summed E-state index contributed by atoms with van der Waals surface area (Å²) in [6, 6.07) is -0.309. The van der Waals surface area contributed by atoms with E-state index in [4.69, 9.17) is 18.9 Å². The molecule has 1 fully saturated rings. The molecule has 0 radical (unpaired) electrons. The highest BCUT2D eigenvalue weighted by Gasteiger charge is 2.39. The van der Waals surface area contributed by atoms with Crippen LogP contribution in [0.5, 0.6) is 0 Å². The van der Waals surface area contributed by atoms with Crippen LogP contribution in [0.1, 0.15) is 355 Å². The van der Waals surface area contributed by atoms with Gasteiger partial charge in [0, 0.05) is 38.8 Å². The molecule has 0 aromatic carbocycles. The van der Waals surface area contributed by atoms with Crippen molar-refractivity contribution >= 4 is 17.9 Å². The van der Waals surface area contributed by atoms with Crippen LogP contribution in [-0.4, -0.2) is 101 Å². The Morgan fingerprint density at radius 1 is 0.531 bits per heavy atom. The van der Waals surface area contributed by atoms with E-state index in [1.165, 1.54) is 173 Å². The molecule has 2 atom stereocenters. The molecule has 1 aromatic heterocycles. The maximum atomic E-state index is 14.1. The first-order valence-electron chi connectivity index (χ1n) is 35.1. The van der Waals surface area contributed by atoms with Crippen molar-refractivity contribution in [2.45, 2.75) is 373 Å². The minimum atomic E-state index is -0.841. The molecular weight excluding hydrogens is 1010 g/mol. The minimum absolute atomic E-state index is 0.0353. The molecule has 2 rings (SSSR count). The van der Waals surface area contributed by atoms with Crippen molar-refractivity contribution in [3.05, 3.63) is 11.9 Å². The fourth-order valence-electron chi connectivity index (χ4n) is 11.9. The molecular formula is C69H131N5O7. The molecule has 0 bridgehead atoms. The van der Waals surface area contributed by atoms with Crippen LogP contribution in [0.4, 0.5) is 0 Å².